The van der Waals surface area contributed by atoms with Crippen LogP contribution in [0.5, 0.6) is 0 Å². The number of rotatable bonds is 0. The van der Waals surface area contributed by atoms with E-state index < -0.39 is 0 Å². The molecule has 2 N–H and O–H groups in total. The molecule has 0 aromatic rings. The molecular formula is CH9BNNa. The van der Waals surface area contributed by atoms with Crippen molar-refractivity contribution < 1.29 is 0 Å². The van der Waals surface area contributed by atoms with Crippen LogP contribution in [0, 0.1) is 0 Å². The summed E-state index contributed by atoms with van der Waals surface area (Å²) in [6, 6.07) is 0. The van der Waals surface area contributed by atoms with Crippen LogP contribution in [0.25, 0.3) is 0 Å². The van der Waals surface area contributed by atoms with Gasteiger partial charge in [0.15, 0.2) is 0 Å². The van der Waals surface area contributed by atoms with Gasteiger partial charge in [-0.3, -0.25) is 0 Å². The van der Waals surface area contributed by atoms with Crippen LogP contribution < -0.4 is 5.73 Å². The Bertz CT molecular complexity index is 8.00. The molecule has 0 heterocycles. The van der Waals surface area contributed by atoms with Gasteiger partial charge in [0, 0.05) is 0 Å². The van der Waals surface area contributed by atoms with Gasteiger partial charge in [-0.15, -0.1) is 0 Å². The molecule has 0 rings (SSSR count). The van der Waals surface area contributed by atoms with E-state index in [0.29, 0.717) is 0 Å². The fourth-order valence-corrected chi connectivity index (χ4v) is 0. The summed E-state index contributed by atoms with van der Waals surface area (Å²) in [4.78, 5) is 0. The van der Waals surface area contributed by atoms with Crippen molar-refractivity contribution in [1.82, 2.24) is 0 Å². The summed E-state index contributed by atoms with van der Waals surface area (Å²) in [6.07, 6.45) is 0. The summed E-state index contributed by atoms with van der Waals surface area (Å²) in [6.45, 7) is 0. The number of hydrogen-bond acceptors (Lipinski definition) is 1. The van der Waals surface area contributed by atoms with Crippen molar-refractivity contribution in [2.75, 3.05) is 7.05 Å². The van der Waals surface area contributed by atoms with Gasteiger partial charge in [0.1, 0.15) is 0 Å². The molecule has 4 heavy (non-hydrogen) atoms. The summed E-state index contributed by atoms with van der Waals surface area (Å²) in [7, 11) is 1.50. The molecule has 0 amide bonds. The molecule has 22 valence electrons. The topological polar surface area (TPSA) is 26.0 Å². The molecular weight excluding hydrogens is 59.8 g/mol. The van der Waals surface area contributed by atoms with E-state index in [1.165, 1.54) is 7.05 Å². The van der Waals surface area contributed by atoms with Crippen molar-refractivity contribution in [2.45, 2.75) is 0 Å². The maximum absolute atomic E-state index is 4.50. The van der Waals surface area contributed by atoms with Crippen molar-refractivity contribution in [3.05, 3.63) is 0 Å². The average molecular weight is 68.9 g/mol. The van der Waals surface area contributed by atoms with E-state index in [1.807, 2.05) is 0 Å². The van der Waals surface area contributed by atoms with Gasteiger partial charge in [0.2, 0.25) is 0 Å². The van der Waals surface area contributed by atoms with Crippen molar-refractivity contribution in [1.29, 1.82) is 0 Å². The summed E-state index contributed by atoms with van der Waals surface area (Å²) in [5.74, 6) is 0. The van der Waals surface area contributed by atoms with Gasteiger partial charge in [-0.1, -0.05) is 0 Å². The van der Waals surface area contributed by atoms with E-state index in [1.54, 1.807) is 0 Å². The van der Waals surface area contributed by atoms with E-state index in [2.05, 4.69) is 5.73 Å². The first-order chi connectivity index (χ1) is 1.00. The molecule has 0 atom stereocenters. The average Bonchev–Trinajstić information content (AvgIpc) is 1.00. The Morgan fingerprint density at radius 1 is 1.25 bits per heavy atom. The quantitative estimate of drug-likeness (QED) is 0.319. The SMILES string of the molecule is B.CN.[NaH]. The van der Waals surface area contributed by atoms with Gasteiger partial charge < -0.3 is 5.73 Å². The van der Waals surface area contributed by atoms with Crippen LogP contribution in [0.2, 0.25) is 0 Å². The van der Waals surface area contributed by atoms with Crippen molar-refractivity contribution in [3.8, 4) is 0 Å². The molecule has 0 fully saturated rings. The third-order valence-electron chi connectivity index (χ3n) is 0. The Hall–Kier alpha value is 1.02. The minimum atomic E-state index is 0. The van der Waals surface area contributed by atoms with Gasteiger partial charge in [0.05, 0.1) is 8.41 Å². The van der Waals surface area contributed by atoms with Gasteiger partial charge in [-0.05, 0) is 7.05 Å². The molecule has 0 radical (unpaired) electrons. The maximum atomic E-state index is 4.50. The Morgan fingerprint density at radius 3 is 1.25 bits per heavy atom. The molecule has 0 aliphatic rings. The zero-order valence-corrected chi connectivity index (χ0v) is 1.58. The summed E-state index contributed by atoms with van der Waals surface area (Å²) in [5.41, 5.74) is 4.50. The Morgan fingerprint density at radius 2 is 1.25 bits per heavy atom. The summed E-state index contributed by atoms with van der Waals surface area (Å²) < 4.78 is 0. The molecule has 1 nitrogen and oxygen atoms in total. The van der Waals surface area contributed by atoms with Crippen LogP contribution in [0.4, 0.5) is 0 Å². The first-order valence-corrected chi connectivity index (χ1v) is 0.577. The van der Waals surface area contributed by atoms with Crippen LogP contribution in [-0.4, -0.2) is 45.0 Å². The van der Waals surface area contributed by atoms with Gasteiger partial charge in [-0.25, -0.2) is 0 Å². The first kappa shape index (κ1) is 19.9. The predicted molar refractivity (Wildman–Crippen MR) is 27.2 cm³/mol. The number of hydrogen-bond donors (Lipinski definition) is 1. The van der Waals surface area contributed by atoms with Crippen molar-refractivity contribution >= 4 is 38.0 Å². The minimum absolute atomic E-state index is 0. The van der Waals surface area contributed by atoms with Gasteiger partial charge in [-0.2, -0.15) is 0 Å². The fourth-order valence-electron chi connectivity index (χ4n) is 0. The second-order valence-corrected chi connectivity index (χ2v) is 0. The molecule has 0 bridgehead atoms. The van der Waals surface area contributed by atoms with E-state index in [0.717, 1.165) is 0 Å². The summed E-state index contributed by atoms with van der Waals surface area (Å²) in [5, 5.41) is 0. The molecule has 0 spiro atoms. The second-order valence-electron chi connectivity index (χ2n) is 0. The predicted octanol–water partition coefficient (Wildman–Crippen LogP) is -2.26. The zero-order chi connectivity index (χ0) is 2.00. The first-order valence-electron chi connectivity index (χ1n) is 0.577. The van der Waals surface area contributed by atoms with E-state index >= 15 is 0 Å². The molecule has 0 saturated carbocycles. The Labute approximate surface area is 50.8 Å². The van der Waals surface area contributed by atoms with Crippen LogP contribution in [-0.2, 0) is 0 Å². The molecule has 0 aromatic heterocycles. The van der Waals surface area contributed by atoms with Crippen molar-refractivity contribution in [2.24, 2.45) is 5.73 Å². The van der Waals surface area contributed by atoms with Crippen LogP contribution in [0.15, 0.2) is 0 Å². The number of nitrogens with two attached hydrogens (primary N) is 1. The molecule has 0 aromatic carbocycles. The molecule has 0 aliphatic carbocycles. The van der Waals surface area contributed by atoms with E-state index in [9.17, 15) is 0 Å². The Kier molecular flexibility index (Phi) is 174. The molecule has 0 aliphatic heterocycles. The normalized spacial score (nSPS) is 1.50. The molecule has 3 heteroatoms. The van der Waals surface area contributed by atoms with Crippen LogP contribution >= 0.6 is 0 Å². The Balaban J connectivity index is -0.00000000500. The van der Waals surface area contributed by atoms with Crippen molar-refractivity contribution in [3.63, 3.8) is 0 Å². The van der Waals surface area contributed by atoms with Crippen LogP contribution in [0.3, 0.4) is 0 Å². The third kappa shape index (κ3) is 11.8. The second kappa shape index (κ2) is 35.1. The monoisotopic (exact) mass is 69.1 g/mol. The summed E-state index contributed by atoms with van der Waals surface area (Å²) >= 11 is 0. The van der Waals surface area contributed by atoms with E-state index in [4.69, 9.17) is 0 Å². The molecule has 0 unspecified atom stereocenters. The third-order valence-corrected chi connectivity index (χ3v) is 0. The van der Waals surface area contributed by atoms with Gasteiger partial charge in [0.25, 0.3) is 0 Å². The fraction of sp³-hybridized carbons (Fsp3) is 1.00. The van der Waals surface area contributed by atoms with Gasteiger partial charge >= 0.3 is 29.6 Å². The standard InChI is InChI=1S/CH5N.BH3.Na.H/c1-2;;;/h2H2,1H3;1H3;;. The van der Waals surface area contributed by atoms with Crippen LogP contribution in [0.1, 0.15) is 0 Å². The molecule has 0 saturated heterocycles. The van der Waals surface area contributed by atoms with E-state index in [-0.39, 0.29) is 38.0 Å². The zero-order valence-electron chi connectivity index (χ0n) is 1.58.